The smallest absolute Gasteiger partial charge is 0.222 e. The molecule has 0 spiro atoms. The van der Waals surface area contributed by atoms with Crippen molar-refractivity contribution in [2.75, 3.05) is 13.1 Å². The minimum Gasteiger partial charge on any atom is -0.393 e. The van der Waals surface area contributed by atoms with E-state index in [0.29, 0.717) is 18.5 Å². The molecule has 3 unspecified atom stereocenters. The number of carbonyl (C=O) groups excluding carboxylic acids is 1. The van der Waals surface area contributed by atoms with E-state index in [1.54, 1.807) is 0 Å². The first-order chi connectivity index (χ1) is 9.63. The molecule has 2 fully saturated rings. The van der Waals surface area contributed by atoms with E-state index < -0.39 is 0 Å². The fourth-order valence-electron chi connectivity index (χ4n) is 3.72. The Morgan fingerprint density at radius 2 is 1.95 bits per heavy atom. The van der Waals surface area contributed by atoms with E-state index >= 15 is 0 Å². The van der Waals surface area contributed by atoms with Crippen LogP contribution in [0.5, 0.6) is 0 Å². The topological polar surface area (TPSA) is 52.6 Å². The molecule has 0 aromatic heterocycles. The highest BCUT2D eigenvalue weighted by Crippen LogP contribution is 2.25. The van der Waals surface area contributed by atoms with Gasteiger partial charge >= 0.3 is 0 Å². The van der Waals surface area contributed by atoms with Crippen molar-refractivity contribution in [3.63, 3.8) is 0 Å². The molecule has 1 amide bonds. The van der Waals surface area contributed by atoms with Gasteiger partial charge in [0.1, 0.15) is 0 Å². The van der Waals surface area contributed by atoms with Crippen LogP contribution >= 0.6 is 0 Å². The number of piperidine rings is 1. The average molecular weight is 282 g/mol. The van der Waals surface area contributed by atoms with Crippen LogP contribution < -0.4 is 5.32 Å². The molecule has 0 radical (unpaired) electrons. The Kier molecular flexibility index (Phi) is 5.85. The van der Waals surface area contributed by atoms with Gasteiger partial charge in [0.05, 0.1) is 6.10 Å². The zero-order valence-electron chi connectivity index (χ0n) is 13.0. The Morgan fingerprint density at radius 1 is 1.25 bits per heavy atom. The fourth-order valence-corrected chi connectivity index (χ4v) is 3.72. The maximum absolute atomic E-state index is 12.0. The lowest BCUT2D eigenvalue weighted by molar-refractivity contribution is -0.134. The molecule has 0 aromatic carbocycles. The highest BCUT2D eigenvalue weighted by molar-refractivity contribution is 5.76. The number of aliphatic hydroxyl groups is 1. The van der Waals surface area contributed by atoms with Gasteiger partial charge in [-0.25, -0.2) is 0 Å². The standard InChI is InChI=1S/C16H30N2O2/c1-3-15(19)12-9-14(17-13-7-5-6-8-13)11-18(10-12)16(20)4-2/h12-15,17,19H,3-11H2,1-2H3. The van der Waals surface area contributed by atoms with Crippen LogP contribution in [0.25, 0.3) is 0 Å². The van der Waals surface area contributed by atoms with E-state index in [1.165, 1.54) is 25.7 Å². The molecular formula is C16H30N2O2. The summed E-state index contributed by atoms with van der Waals surface area (Å²) in [4.78, 5) is 14.0. The number of rotatable bonds is 5. The Morgan fingerprint density at radius 3 is 2.55 bits per heavy atom. The monoisotopic (exact) mass is 282 g/mol. The molecule has 0 bridgehead atoms. The molecule has 1 saturated heterocycles. The van der Waals surface area contributed by atoms with Crippen molar-refractivity contribution in [1.29, 1.82) is 0 Å². The Bertz CT molecular complexity index is 316. The minimum atomic E-state index is -0.282. The van der Waals surface area contributed by atoms with Crippen LogP contribution in [0, 0.1) is 5.92 Å². The van der Waals surface area contributed by atoms with Crippen molar-refractivity contribution in [3.8, 4) is 0 Å². The van der Waals surface area contributed by atoms with E-state index in [2.05, 4.69) is 5.32 Å². The first-order valence-corrected chi connectivity index (χ1v) is 8.35. The zero-order chi connectivity index (χ0) is 14.5. The van der Waals surface area contributed by atoms with Crippen molar-refractivity contribution in [3.05, 3.63) is 0 Å². The molecule has 0 aromatic rings. The summed E-state index contributed by atoms with van der Waals surface area (Å²) in [6, 6.07) is 0.977. The molecule has 2 rings (SSSR count). The molecule has 116 valence electrons. The number of aliphatic hydroxyl groups excluding tert-OH is 1. The molecule has 4 heteroatoms. The molecular weight excluding hydrogens is 252 g/mol. The van der Waals surface area contributed by atoms with Crippen molar-refractivity contribution in [1.82, 2.24) is 10.2 Å². The van der Waals surface area contributed by atoms with E-state index in [4.69, 9.17) is 0 Å². The minimum absolute atomic E-state index is 0.219. The molecule has 1 aliphatic heterocycles. The van der Waals surface area contributed by atoms with Gasteiger partial charge in [-0.05, 0) is 25.7 Å². The van der Waals surface area contributed by atoms with Crippen molar-refractivity contribution >= 4 is 5.91 Å². The summed E-state index contributed by atoms with van der Waals surface area (Å²) in [7, 11) is 0. The van der Waals surface area contributed by atoms with E-state index in [-0.39, 0.29) is 17.9 Å². The van der Waals surface area contributed by atoms with E-state index in [1.807, 2.05) is 18.7 Å². The maximum Gasteiger partial charge on any atom is 0.222 e. The summed E-state index contributed by atoms with van der Waals surface area (Å²) in [5.74, 6) is 0.444. The third-order valence-corrected chi connectivity index (χ3v) is 4.93. The van der Waals surface area contributed by atoms with Crippen molar-refractivity contribution in [2.45, 2.75) is 77.0 Å². The fraction of sp³-hybridized carbons (Fsp3) is 0.938. The lowest BCUT2D eigenvalue weighted by Gasteiger charge is -2.40. The molecule has 2 aliphatic rings. The Hall–Kier alpha value is -0.610. The van der Waals surface area contributed by atoms with Gasteiger partial charge in [-0.3, -0.25) is 4.79 Å². The van der Waals surface area contributed by atoms with Crippen LogP contribution in [0.15, 0.2) is 0 Å². The highest BCUT2D eigenvalue weighted by Gasteiger charge is 2.33. The molecule has 1 aliphatic carbocycles. The van der Waals surface area contributed by atoms with Gasteiger partial charge in [0.25, 0.3) is 0 Å². The number of amides is 1. The summed E-state index contributed by atoms with van der Waals surface area (Å²) >= 11 is 0. The van der Waals surface area contributed by atoms with Gasteiger partial charge in [0, 0.05) is 37.5 Å². The van der Waals surface area contributed by atoms with Crippen LogP contribution in [0.1, 0.15) is 58.8 Å². The van der Waals surface area contributed by atoms with Gasteiger partial charge < -0.3 is 15.3 Å². The number of hydrogen-bond acceptors (Lipinski definition) is 3. The Balaban J connectivity index is 1.96. The maximum atomic E-state index is 12.0. The predicted octanol–water partition coefficient (Wildman–Crippen LogP) is 1.92. The van der Waals surface area contributed by atoms with Crippen molar-refractivity contribution in [2.24, 2.45) is 5.92 Å². The largest absolute Gasteiger partial charge is 0.393 e. The predicted molar refractivity (Wildman–Crippen MR) is 80.5 cm³/mol. The van der Waals surface area contributed by atoms with Crippen molar-refractivity contribution < 1.29 is 9.90 Å². The number of likely N-dealkylation sites (tertiary alicyclic amines) is 1. The number of nitrogens with zero attached hydrogens (tertiary/aromatic N) is 1. The molecule has 4 nitrogen and oxygen atoms in total. The van der Waals surface area contributed by atoms with Gasteiger partial charge in [0.15, 0.2) is 0 Å². The quantitative estimate of drug-likeness (QED) is 0.810. The number of hydrogen-bond donors (Lipinski definition) is 2. The summed E-state index contributed by atoms with van der Waals surface area (Å²) in [6.45, 7) is 5.48. The van der Waals surface area contributed by atoms with Crippen LogP contribution in [-0.4, -0.2) is 47.2 Å². The SMILES string of the molecule is CCC(=O)N1CC(NC2CCCC2)CC(C(O)CC)C1. The summed E-state index contributed by atoms with van der Waals surface area (Å²) in [6.07, 6.45) is 7.22. The molecule has 2 N–H and O–H groups in total. The van der Waals surface area contributed by atoms with Gasteiger partial charge in [-0.15, -0.1) is 0 Å². The molecule has 20 heavy (non-hydrogen) atoms. The summed E-state index contributed by atoms with van der Waals surface area (Å²) in [5.41, 5.74) is 0. The molecule has 3 atom stereocenters. The lowest BCUT2D eigenvalue weighted by Crippen LogP contribution is -2.54. The second kappa shape index (κ2) is 7.41. The third kappa shape index (κ3) is 3.95. The third-order valence-electron chi connectivity index (χ3n) is 4.93. The van der Waals surface area contributed by atoms with Gasteiger partial charge in [-0.2, -0.15) is 0 Å². The lowest BCUT2D eigenvalue weighted by atomic mass is 9.88. The first kappa shape index (κ1) is 15.8. The summed E-state index contributed by atoms with van der Waals surface area (Å²) in [5, 5.41) is 13.9. The van der Waals surface area contributed by atoms with E-state index in [0.717, 1.165) is 25.9 Å². The summed E-state index contributed by atoms with van der Waals surface area (Å²) < 4.78 is 0. The normalized spacial score (nSPS) is 29.6. The average Bonchev–Trinajstić information content (AvgIpc) is 2.98. The second-order valence-corrected chi connectivity index (χ2v) is 6.47. The van der Waals surface area contributed by atoms with Gasteiger partial charge in [-0.1, -0.05) is 26.7 Å². The Labute approximate surface area is 122 Å². The highest BCUT2D eigenvalue weighted by atomic mass is 16.3. The molecule has 1 heterocycles. The van der Waals surface area contributed by atoms with Crippen LogP contribution in [0.2, 0.25) is 0 Å². The zero-order valence-corrected chi connectivity index (χ0v) is 13.0. The second-order valence-electron chi connectivity index (χ2n) is 6.47. The van der Waals surface area contributed by atoms with Crippen LogP contribution in [0.4, 0.5) is 0 Å². The van der Waals surface area contributed by atoms with Gasteiger partial charge in [0.2, 0.25) is 5.91 Å². The number of nitrogens with one attached hydrogen (secondary N) is 1. The number of carbonyl (C=O) groups is 1. The molecule has 1 saturated carbocycles. The van der Waals surface area contributed by atoms with Crippen LogP contribution in [-0.2, 0) is 4.79 Å². The van der Waals surface area contributed by atoms with E-state index in [9.17, 15) is 9.90 Å². The first-order valence-electron chi connectivity index (χ1n) is 8.35. The van der Waals surface area contributed by atoms with Crippen LogP contribution in [0.3, 0.4) is 0 Å².